The number of nitrogens with zero attached hydrogens (tertiary/aromatic N) is 1. The second-order valence-corrected chi connectivity index (χ2v) is 8.48. The second-order valence-electron chi connectivity index (χ2n) is 8.48. The maximum absolute atomic E-state index is 12.9. The highest BCUT2D eigenvalue weighted by molar-refractivity contribution is 5.86. The lowest BCUT2D eigenvalue weighted by Gasteiger charge is -2.61. The summed E-state index contributed by atoms with van der Waals surface area (Å²) in [4.78, 5) is 17.7. The van der Waals surface area contributed by atoms with Gasteiger partial charge in [0.2, 0.25) is 0 Å². The number of aromatic nitrogens is 1. The van der Waals surface area contributed by atoms with Crippen molar-refractivity contribution in [1.82, 2.24) is 4.98 Å². The van der Waals surface area contributed by atoms with Crippen molar-refractivity contribution < 1.29 is 9.53 Å². The predicted octanol–water partition coefficient (Wildman–Crippen LogP) is 3.80. The molecule has 1 aromatic heterocycles. The Bertz CT molecular complexity index is 686. The van der Waals surface area contributed by atoms with Gasteiger partial charge >= 0.3 is 0 Å². The summed E-state index contributed by atoms with van der Waals surface area (Å²) in [6, 6.07) is 6.27. The molecule has 6 atom stereocenters. The van der Waals surface area contributed by atoms with E-state index < -0.39 is 0 Å². The highest BCUT2D eigenvalue weighted by Gasteiger charge is 2.72. The molecule has 1 spiro atoms. The Hall–Kier alpha value is -1.22. The molecule has 0 N–H and O–H groups in total. The number of carbonyl (C=O) groups excluding carboxylic acids is 1. The number of rotatable bonds is 1. The van der Waals surface area contributed by atoms with Gasteiger partial charge < -0.3 is 4.74 Å². The molecule has 3 nitrogen and oxygen atoms in total. The molecule has 5 aliphatic rings. The summed E-state index contributed by atoms with van der Waals surface area (Å²) >= 11 is 0. The fourth-order valence-electron chi connectivity index (χ4n) is 6.61. The van der Waals surface area contributed by atoms with Gasteiger partial charge in [-0.05, 0) is 57.1 Å². The minimum absolute atomic E-state index is 0.0970. The molecule has 0 amide bonds. The van der Waals surface area contributed by atoms with E-state index in [-0.39, 0.29) is 23.0 Å². The van der Waals surface area contributed by atoms with Gasteiger partial charge in [-0.25, -0.2) is 0 Å². The van der Waals surface area contributed by atoms with Crippen molar-refractivity contribution in [2.75, 3.05) is 0 Å². The molecule has 0 radical (unpaired) electrons. The summed E-state index contributed by atoms with van der Waals surface area (Å²) in [5, 5.41) is 0. The van der Waals surface area contributed by atoms with E-state index in [0.29, 0.717) is 24.0 Å². The number of Topliss-reactive ketones (excluding diaryl/α,β-unsaturated/α-hetero) is 1. The van der Waals surface area contributed by atoms with Gasteiger partial charge in [0.15, 0.2) is 0 Å². The minimum Gasteiger partial charge on any atom is -0.367 e. The zero-order valence-electron chi connectivity index (χ0n) is 14.0. The van der Waals surface area contributed by atoms with Gasteiger partial charge in [0.1, 0.15) is 5.78 Å². The first-order valence-corrected chi connectivity index (χ1v) is 9.20. The maximum atomic E-state index is 12.9. The van der Waals surface area contributed by atoms with Crippen molar-refractivity contribution in [3.63, 3.8) is 0 Å². The Kier molecular flexibility index (Phi) is 2.73. The Balaban J connectivity index is 1.63. The number of ether oxygens (including phenoxy) is 1. The third kappa shape index (κ3) is 1.69. The van der Waals surface area contributed by atoms with Crippen LogP contribution in [0.25, 0.3) is 0 Å². The van der Waals surface area contributed by atoms with Gasteiger partial charge in [-0.1, -0.05) is 18.9 Å². The number of fused-ring (bicyclic) bond motifs is 1. The first kappa shape index (κ1) is 14.2. The van der Waals surface area contributed by atoms with Gasteiger partial charge in [0.05, 0.1) is 17.1 Å². The second kappa shape index (κ2) is 4.44. The molecule has 2 saturated heterocycles. The van der Waals surface area contributed by atoms with E-state index in [9.17, 15) is 4.79 Å². The van der Waals surface area contributed by atoms with E-state index in [0.717, 1.165) is 24.2 Å². The minimum atomic E-state index is -0.339. The molecule has 3 heterocycles. The van der Waals surface area contributed by atoms with E-state index in [1.54, 1.807) is 0 Å². The summed E-state index contributed by atoms with van der Waals surface area (Å²) in [7, 11) is 0. The molecule has 122 valence electrons. The molecule has 4 bridgehead atoms. The lowest BCUT2D eigenvalue weighted by molar-refractivity contribution is -0.268. The van der Waals surface area contributed by atoms with Crippen LogP contribution in [0.2, 0.25) is 0 Å². The summed E-state index contributed by atoms with van der Waals surface area (Å²) in [5.41, 5.74) is 1.69. The normalized spacial score (nSPS) is 47.7. The molecule has 3 heteroatoms. The smallest absolute Gasteiger partial charge is 0.142 e. The fourth-order valence-corrected chi connectivity index (χ4v) is 6.61. The van der Waals surface area contributed by atoms with Crippen LogP contribution in [-0.2, 0) is 9.53 Å². The topological polar surface area (TPSA) is 39.2 Å². The van der Waals surface area contributed by atoms with E-state index >= 15 is 0 Å². The molecule has 23 heavy (non-hydrogen) atoms. The average molecular weight is 311 g/mol. The number of hydrogen-bond donors (Lipinski definition) is 0. The van der Waals surface area contributed by atoms with Gasteiger partial charge in [-0.15, -0.1) is 0 Å². The summed E-state index contributed by atoms with van der Waals surface area (Å²) in [6.07, 6.45) is 6.59. The standard InChI is InChI=1S/C20H25NO2/c1-12-6-5-8-16(21-12)15-10-13-14-7-3-4-9-20(14)11-17(22)18(13)19(15,2)23-20/h5-6,8,13-15,18H,3-4,7,9-11H2,1-2H3/t13-,14-,15+,18-,19?,20-/m0/s1. The molecule has 5 fully saturated rings. The van der Waals surface area contributed by atoms with Crippen molar-refractivity contribution in [2.45, 2.75) is 69.5 Å². The lowest BCUT2D eigenvalue weighted by atomic mass is 9.55. The molecule has 3 saturated carbocycles. The maximum Gasteiger partial charge on any atom is 0.142 e. The third-order valence-corrected chi connectivity index (χ3v) is 7.31. The monoisotopic (exact) mass is 311 g/mol. The van der Waals surface area contributed by atoms with Crippen LogP contribution in [0.1, 0.15) is 62.8 Å². The third-order valence-electron chi connectivity index (χ3n) is 7.31. The van der Waals surface area contributed by atoms with Crippen LogP contribution >= 0.6 is 0 Å². The first-order valence-electron chi connectivity index (χ1n) is 9.20. The Morgan fingerprint density at radius 3 is 3.00 bits per heavy atom. The first-order chi connectivity index (χ1) is 11.0. The van der Waals surface area contributed by atoms with Gasteiger partial charge in [0.25, 0.3) is 0 Å². The van der Waals surface area contributed by atoms with Crippen LogP contribution in [0.4, 0.5) is 0 Å². The Morgan fingerprint density at radius 1 is 1.30 bits per heavy atom. The van der Waals surface area contributed by atoms with Crippen molar-refractivity contribution >= 4 is 5.78 Å². The van der Waals surface area contributed by atoms with Crippen molar-refractivity contribution in [2.24, 2.45) is 17.8 Å². The van der Waals surface area contributed by atoms with Crippen LogP contribution in [-0.4, -0.2) is 22.0 Å². The van der Waals surface area contributed by atoms with Crippen molar-refractivity contribution in [3.8, 4) is 0 Å². The molecule has 6 rings (SSSR count). The summed E-state index contributed by atoms with van der Waals surface area (Å²) in [5.74, 6) is 1.95. The summed E-state index contributed by atoms with van der Waals surface area (Å²) < 4.78 is 6.87. The summed E-state index contributed by atoms with van der Waals surface area (Å²) in [6.45, 7) is 4.25. The molecule has 2 aliphatic heterocycles. The molecule has 1 aromatic rings. The van der Waals surface area contributed by atoms with Crippen LogP contribution in [0.15, 0.2) is 18.2 Å². The Labute approximate surface area is 137 Å². The number of ketones is 1. The van der Waals surface area contributed by atoms with Crippen molar-refractivity contribution in [3.05, 3.63) is 29.6 Å². The highest BCUT2D eigenvalue weighted by Crippen LogP contribution is 2.68. The van der Waals surface area contributed by atoms with Gasteiger partial charge in [-0.2, -0.15) is 0 Å². The fraction of sp³-hybridized carbons (Fsp3) is 0.700. The molecular formula is C20H25NO2. The Morgan fingerprint density at radius 2 is 2.17 bits per heavy atom. The number of aryl methyl sites for hydroxylation is 1. The van der Waals surface area contributed by atoms with E-state index in [4.69, 9.17) is 9.72 Å². The van der Waals surface area contributed by atoms with E-state index in [1.807, 2.05) is 13.0 Å². The molecule has 1 unspecified atom stereocenters. The van der Waals surface area contributed by atoms with Crippen LogP contribution in [0.5, 0.6) is 0 Å². The molecule has 0 aromatic carbocycles. The van der Waals surface area contributed by atoms with Crippen LogP contribution in [0, 0.1) is 24.7 Å². The van der Waals surface area contributed by atoms with E-state index in [2.05, 4.69) is 19.1 Å². The average Bonchev–Trinajstić information content (AvgIpc) is 2.76. The molecule has 3 aliphatic carbocycles. The van der Waals surface area contributed by atoms with E-state index in [1.165, 1.54) is 19.3 Å². The van der Waals surface area contributed by atoms with Gasteiger partial charge in [0, 0.05) is 23.7 Å². The zero-order chi connectivity index (χ0) is 15.8. The largest absolute Gasteiger partial charge is 0.367 e. The van der Waals surface area contributed by atoms with Crippen LogP contribution < -0.4 is 0 Å². The lowest BCUT2D eigenvalue weighted by Crippen LogP contribution is -2.66. The molecular weight excluding hydrogens is 286 g/mol. The number of pyridine rings is 1. The van der Waals surface area contributed by atoms with Crippen LogP contribution in [0.3, 0.4) is 0 Å². The number of carbonyl (C=O) groups is 1. The quantitative estimate of drug-likeness (QED) is 0.792. The number of hydrogen-bond acceptors (Lipinski definition) is 3. The van der Waals surface area contributed by atoms with Crippen molar-refractivity contribution in [1.29, 1.82) is 0 Å². The zero-order valence-corrected chi connectivity index (χ0v) is 14.0. The van der Waals surface area contributed by atoms with Gasteiger partial charge in [-0.3, -0.25) is 9.78 Å². The highest BCUT2D eigenvalue weighted by atomic mass is 16.5. The predicted molar refractivity (Wildman–Crippen MR) is 87.1 cm³/mol. The SMILES string of the molecule is Cc1cccc([C@H]2C[C@@H]3[C@H]4C(=O)C[C@]5(CCCC[C@@H]35)OC24C)n1.